The average Bonchev–Trinajstić information content (AvgIpc) is 2.54. The van der Waals surface area contributed by atoms with E-state index in [1.165, 1.54) is 0 Å². The van der Waals surface area contributed by atoms with E-state index in [1.54, 1.807) is 24.3 Å². The van der Waals surface area contributed by atoms with Gasteiger partial charge in [0, 0.05) is 13.2 Å². The van der Waals surface area contributed by atoms with Crippen molar-refractivity contribution in [3.63, 3.8) is 0 Å². The maximum atomic E-state index is 12.2. The van der Waals surface area contributed by atoms with Crippen molar-refractivity contribution in [2.75, 3.05) is 19.8 Å². The number of unbranched alkanes of at least 4 members (excludes halogenated alkanes) is 1. The Morgan fingerprint density at radius 1 is 1.32 bits per heavy atom. The summed E-state index contributed by atoms with van der Waals surface area (Å²) in [7, 11) is 0. The Morgan fingerprint density at radius 2 is 2.14 bits per heavy atom. The normalized spacial score (nSPS) is 10.8. The largest absolute Gasteiger partial charge is 0.380 e. The van der Waals surface area contributed by atoms with E-state index >= 15 is 0 Å². The number of ether oxygens (including phenoxy) is 1. The van der Waals surface area contributed by atoms with Crippen LogP contribution >= 0.6 is 0 Å². The Bertz CT molecular complexity index is 684. The minimum absolute atomic E-state index is 0.147. The Kier molecular flexibility index (Phi) is 6.02. The lowest BCUT2D eigenvalue weighted by molar-refractivity contribution is -0.122. The molecule has 0 aliphatic heterocycles. The van der Waals surface area contributed by atoms with Crippen LogP contribution in [0.25, 0.3) is 10.9 Å². The fourth-order valence-electron chi connectivity index (χ4n) is 1.93. The van der Waals surface area contributed by atoms with Crippen LogP contribution in [0.15, 0.2) is 29.1 Å². The van der Waals surface area contributed by atoms with Gasteiger partial charge >= 0.3 is 0 Å². The SMILES string of the molecule is CCCCOCCNC(=O)Cn1nnc2ccccc2c1=O. The van der Waals surface area contributed by atoms with Crippen molar-refractivity contribution in [1.29, 1.82) is 0 Å². The van der Waals surface area contributed by atoms with E-state index in [2.05, 4.69) is 22.6 Å². The zero-order valence-corrected chi connectivity index (χ0v) is 12.6. The van der Waals surface area contributed by atoms with Crippen LogP contribution in [0.4, 0.5) is 0 Å². The summed E-state index contributed by atoms with van der Waals surface area (Å²) in [6.07, 6.45) is 2.09. The molecule has 0 aliphatic carbocycles. The highest BCUT2D eigenvalue weighted by Crippen LogP contribution is 2.02. The summed E-state index contributed by atoms with van der Waals surface area (Å²) in [6.45, 7) is 3.52. The maximum absolute atomic E-state index is 12.2. The van der Waals surface area contributed by atoms with E-state index in [9.17, 15) is 9.59 Å². The van der Waals surface area contributed by atoms with Gasteiger partial charge in [0.1, 0.15) is 12.1 Å². The molecule has 0 radical (unpaired) electrons. The van der Waals surface area contributed by atoms with Gasteiger partial charge in [-0.2, -0.15) is 0 Å². The van der Waals surface area contributed by atoms with Crippen LogP contribution in [0.3, 0.4) is 0 Å². The Balaban J connectivity index is 1.87. The van der Waals surface area contributed by atoms with Gasteiger partial charge in [0.15, 0.2) is 0 Å². The van der Waals surface area contributed by atoms with E-state index in [-0.39, 0.29) is 18.0 Å². The van der Waals surface area contributed by atoms with Gasteiger partial charge < -0.3 is 10.1 Å². The van der Waals surface area contributed by atoms with Crippen molar-refractivity contribution in [3.8, 4) is 0 Å². The average molecular weight is 304 g/mol. The highest BCUT2D eigenvalue weighted by molar-refractivity contribution is 5.78. The van der Waals surface area contributed by atoms with Crippen molar-refractivity contribution >= 4 is 16.8 Å². The fourth-order valence-corrected chi connectivity index (χ4v) is 1.93. The summed E-state index contributed by atoms with van der Waals surface area (Å²) in [4.78, 5) is 24.0. The molecule has 118 valence electrons. The standard InChI is InChI=1S/C15H20N4O3/c1-2-3-9-22-10-8-16-14(20)11-19-15(21)12-6-4-5-7-13(12)17-18-19/h4-7H,2-3,8-11H2,1H3,(H,16,20). The van der Waals surface area contributed by atoms with Gasteiger partial charge in [-0.25, -0.2) is 4.68 Å². The number of aromatic nitrogens is 3. The topological polar surface area (TPSA) is 86.1 Å². The summed E-state index contributed by atoms with van der Waals surface area (Å²) in [5.74, 6) is -0.286. The number of carbonyl (C=O) groups excluding carboxylic acids is 1. The molecule has 0 saturated carbocycles. The molecule has 1 heterocycles. The third-order valence-corrected chi connectivity index (χ3v) is 3.13. The number of carbonyl (C=O) groups is 1. The number of hydrogen-bond donors (Lipinski definition) is 1. The highest BCUT2D eigenvalue weighted by Gasteiger charge is 2.08. The Hall–Kier alpha value is -2.28. The van der Waals surface area contributed by atoms with Crippen LogP contribution in [0.1, 0.15) is 19.8 Å². The molecule has 0 unspecified atom stereocenters. The van der Waals surface area contributed by atoms with Crippen molar-refractivity contribution in [2.24, 2.45) is 0 Å². The number of hydrogen-bond acceptors (Lipinski definition) is 5. The number of nitrogens with one attached hydrogen (secondary N) is 1. The fraction of sp³-hybridized carbons (Fsp3) is 0.467. The molecule has 0 bridgehead atoms. The molecular weight excluding hydrogens is 284 g/mol. The Labute approximate surface area is 128 Å². The lowest BCUT2D eigenvalue weighted by atomic mass is 10.2. The van der Waals surface area contributed by atoms with Crippen molar-refractivity contribution in [3.05, 3.63) is 34.6 Å². The zero-order chi connectivity index (χ0) is 15.8. The van der Waals surface area contributed by atoms with Crippen LogP contribution in [-0.2, 0) is 16.1 Å². The summed E-state index contributed by atoms with van der Waals surface area (Å²) >= 11 is 0. The molecule has 2 aromatic rings. The van der Waals surface area contributed by atoms with Crippen LogP contribution in [0.2, 0.25) is 0 Å². The van der Waals surface area contributed by atoms with Crippen LogP contribution < -0.4 is 10.9 Å². The summed E-state index contributed by atoms with van der Waals surface area (Å²) < 4.78 is 6.41. The number of nitrogens with zero attached hydrogens (tertiary/aromatic N) is 3. The number of amides is 1. The first-order valence-corrected chi connectivity index (χ1v) is 7.39. The van der Waals surface area contributed by atoms with Crippen LogP contribution in [0.5, 0.6) is 0 Å². The van der Waals surface area contributed by atoms with Gasteiger partial charge in [-0.15, -0.1) is 5.10 Å². The van der Waals surface area contributed by atoms with E-state index in [1.807, 2.05) is 0 Å². The molecule has 0 fully saturated rings. The first-order valence-electron chi connectivity index (χ1n) is 7.39. The molecule has 1 amide bonds. The molecule has 1 N–H and O–H groups in total. The van der Waals surface area contributed by atoms with Gasteiger partial charge in [0.05, 0.1) is 12.0 Å². The van der Waals surface area contributed by atoms with Crippen molar-refractivity contribution in [1.82, 2.24) is 20.3 Å². The van der Waals surface area contributed by atoms with Crippen molar-refractivity contribution in [2.45, 2.75) is 26.3 Å². The summed E-state index contributed by atoms with van der Waals surface area (Å²) in [5.41, 5.74) is 0.202. The van der Waals surface area contributed by atoms with Gasteiger partial charge in [0.25, 0.3) is 5.56 Å². The van der Waals surface area contributed by atoms with Gasteiger partial charge in [-0.1, -0.05) is 30.7 Å². The van der Waals surface area contributed by atoms with E-state index in [0.29, 0.717) is 30.7 Å². The molecule has 22 heavy (non-hydrogen) atoms. The lowest BCUT2D eigenvalue weighted by Crippen LogP contribution is -2.35. The second-order valence-electron chi connectivity index (χ2n) is 4.89. The minimum Gasteiger partial charge on any atom is -0.380 e. The number of fused-ring (bicyclic) bond motifs is 1. The molecule has 0 spiro atoms. The monoisotopic (exact) mass is 304 g/mol. The van der Waals surface area contributed by atoms with E-state index < -0.39 is 0 Å². The maximum Gasteiger partial charge on any atom is 0.278 e. The van der Waals surface area contributed by atoms with Gasteiger partial charge in [0.2, 0.25) is 5.91 Å². The first-order chi connectivity index (χ1) is 10.7. The molecular formula is C15H20N4O3. The smallest absolute Gasteiger partial charge is 0.278 e. The lowest BCUT2D eigenvalue weighted by Gasteiger charge is -2.07. The van der Waals surface area contributed by atoms with Gasteiger partial charge in [-0.3, -0.25) is 9.59 Å². The van der Waals surface area contributed by atoms with Gasteiger partial charge in [-0.05, 0) is 18.6 Å². The molecule has 0 aliphatic rings. The number of benzene rings is 1. The molecule has 7 heteroatoms. The third kappa shape index (κ3) is 4.36. The second-order valence-corrected chi connectivity index (χ2v) is 4.89. The molecule has 1 aromatic heterocycles. The summed E-state index contributed by atoms with van der Waals surface area (Å²) in [6, 6.07) is 6.92. The molecule has 1 aromatic carbocycles. The van der Waals surface area contributed by atoms with E-state index in [0.717, 1.165) is 17.5 Å². The van der Waals surface area contributed by atoms with Crippen LogP contribution in [-0.4, -0.2) is 40.7 Å². The van der Waals surface area contributed by atoms with E-state index in [4.69, 9.17) is 4.74 Å². The molecule has 2 rings (SSSR count). The Morgan fingerprint density at radius 3 is 2.95 bits per heavy atom. The quantitative estimate of drug-likeness (QED) is 0.726. The highest BCUT2D eigenvalue weighted by atomic mass is 16.5. The third-order valence-electron chi connectivity index (χ3n) is 3.13. The zero-order valence-electron chi connectivity index (χ0n) is 12.6. The van der Waals surface area contributed by atoms with Crippen molar-refractivity contribution < 1.29 is 9.53 Å². The second kappa shape index (κ2) is 8.23. The summed E-state index contributed by atoms with van der Waals surface area (Å²) in [5, 5.41) is 10.9. The molecule has 0 atom stereocenters. The predicted molar refractivity (Wildman–Crippen MR) is 82.5 cm³/mol. The van der Waals surface area contributed by atoms with Crippen LogP contribution in [0, 0.1) is 0 Å². The predicted octanol–water partition coefficient (Wildman–Crippen LogP) is 0.724. The molecule has 0 saturated heterocycles. The molecule has 7 nitrogen and oxygen atoms in total. The minimum atomic E-state index is -0.319. The first kappa shape index (κ1) is 16.1. The number of rotatable bonds is 8.